The van der Waals surface area contributed by atoms with E-state index in [-0.39, 0.29) is 0 Å². The highest BCUT2D eigenvalue weighted by molar-refractivity contribution is 7.19. The van der Waals surface area contributed by atoms with Gasteiger partial charge in [0.05, 0.1) is 37.4 Å². The van der Waals surface area contributed by atoms with Crippen molar-refractivity contribution in [3.05, 3.63) is 33.6 Å². The zero-order valence-corrected chi connectivity index (χ0v) is 17.9. The number of ether oxygens (including phenoxy) is 1. The number of anilines is 1. The average Bonchev–Trinajstić information content (AvgIpc) is 3.26. The molecular formula is C21H27N5O2S. The van der Waals surface area contributed by atoms with Gasteiger partial charge < -0.3 is 14.5 Å². The lowest BCUT2D eigenvalue weighted by atomic mass is 9.97. The molecule has 4 heterocycles. The van der Waals surface area contributed by atoms with Gasteiger partial charge in [-0.05, 0) is 45.1 Å². The van der Waals surface area contributed by atoms with Gasteiger partial charge >= 0.3 is 0 Å². The first kappa shape index (κ1) is 19.0. The Morgan fingerprint density at radius 2 is 1.90 bits per heavy atom. The predicted octanol–water partition coefficient (Wildman–Crippen LogP) is 3.62. The van der Waals surface area contributed by atoms with E-state index in [9.17, 15) is 0 Å². The van der Waals surface area contributed by atoms with Gasteiger partial charge in [0, 0.05) is 18.0 Å². The quantitative estimate of drug-likeness (QED) is 0.684. The van der Waals surface area contributed by atoms with E-state index in [2.05, 4.69) is 15.2 Å². The van der Waals surface area contributed by atoms with Crippen molar-refractivity contribution in [1.82, 2.24) is 19.9 Å². The van der Waals surface area contributed by atoms with Gasteiger partial charge in [0.25, 0.3) is 0 Å². The molecule has 2 aliphatic rings. The number of aromatic nitrogens is 3. The average molecular weight is 414 g/mol. The third kappa shape index (κ3) is 3.89. The number of hydrogen-bond acceptors (Lipinski definition) is 8. The van der Waals surface area contributed by atoms with Gasteiger partial charge in [-0.1, -0.05) is 0 Å². The van der Waals surface area contributed by atoms with E-state index in [1.807, 2.05) is 25.2 Å². The summed E-state index contributed by atoms with van der Waals surface area (Å²) in [6.07, 6.45) is 4.79. The first-order valence-corrected chi connectivity index (χ1v) is 11.3. The van der Waals surface area contributed by atoms with Gasteiger partial charge in [-0.25, -0.2) is 15.0 Å². The van der Waals surface area contributed by atoms with E-state index in [0.29, 0.717) is 12.4 Å². The maximum absolute atomic E-state index is 5.76. The molecule has 1 fully saturated rings. The molecule has 0 amide bonds. The van der Waals surface area contributed by atoms with Crippen LogP contribution in [0.25, 0.3) is 10.2 Å². The number of oxazole rings is 1. The Bertz CT molecular complexity index is 1000. The molecule has 0 radical (unpaired) electrons. The zero-order valence-electron chi connectivity index (χ0n) is 17.1. The fourth-order valence-electron chi connectivity index (χ4n) is 4.13. The highest BCUT2D eigenvalue weighted by Gasteiger charge is 2.22. The van der Waals surface area contributed by atoms with Crippen LogP contribution in [0.15, 0.2) is 4.42 Å². The number of morpholine rings is 1. The van der Waals surface area contributed by atoms with Crippen LogP contribution in [0.1, 0.15) is 46.5 Å². The monoisotopic (exact) mass is 413 g/mol. The molecule has 3 aromatic heterocycles. The summed E-state index contributed by atoms with van der Waals surface area (Å²) in [6, 6.07) is 0. The first-order chi connectivity index (χ1) is 14.2. The predicted molar refractivity (Wildman–Crippen MR) is 113 cm³/mol. The zero-order chi connectivity index (χ0) is 19.8. The summed E-state index contributed by atoms with van der Waals surface area (Å²) in [5, 5.41) is 4.72. The third-order valence-electron chi connectivity index (χ3n) is 5.81. The van der Waals surface area contributed by atoms with E-state index in [0.717, 1.165) is 73.6 Å². The Kier molecular flexibility index (Phi) is 5.24. The van der Waals surface area contributed by atoms with Gasteiger partial charge in [-0.15, -0.1) is 11.3 Å². The number of nitrogens with one attached hydrogen (secondary N) is 1. The molecule has 0 unspecified atom stereocenters. The molecule has 8 heteroatoms. The maximum atomic E-state index is 5.76. The van der Waals surface area contributed by atoms with E-state index in [1.54, 1.807) is 0 Å². The van der Waals surface area contributed by atoms with Crippen molar-refractivity contribution < 1.29 is 9.15 Å². The number of rotatable bonds is 5. The minimum absolute atomic E-state index is 0.530. The van der Waals surface area contributed by atoms with Crippen LogP contribution in [0, 0.1) is 13.8 Å². The molecule has 0 aromatic carbocycles. The number of fused-ring (bicyclic) bond motifs is 3. The smallest absolute Gasteiger partial charge is 0.213 e. The maximum Gasteiger partial charge on any atom is 0.213 e. The topological polar surface area (TPSA) is 76.3 Å². The minimum atomic E-state index is 0.530. The van der Waals surface area contributed by atoms with Gasteiger partial charge in [0.1, 0.15) is 22.2 Å². The largest absolute Gasteiger partial charge is 0.444 e. The molecule has 1 saturated heterocycles. The van der Waals surface area contributed by atoms with Crippen LogP contribution >= 0.6 is 11.3 Å². The minimum Gasteiger partial charge on any atom is -0.444 e. The van der Waals surface area contributed by atoms with E-state index < -0.39 is 0 Å². The number of thiophene rings is 1. The molecule has 0 saturated carbocycles. The first-order valence-electron chi connectivity index (χ1n) is 10.5. The van der Waals surface area contributed by atoms with Crippen LogP contribution in [0.4, 0.5) is 5.82 Å². The summed E-state index contributed by atoms with van der Waals surface area (Å²) in [7, 11) is 0. The van der Waals surface area contributed by atoms with E-state index >= 15 is 0 Å². The van der Waals surface area contributed by atoms with Crippen molar-refractivity contribution in [3.63, 3.8) is 0 Å². The van der Waals surface area contributed by atoms with Crippen LogP contribution in [0.3, 0.4) is 0 Å². The van der Waals surface area contributed by atoms with Crippen molar-refractivity contribution in [2.45, 2.75) is 52.6 Å². The Balaban J connectivity index is 1.48. The molecule has 0 spiro atoms. The third-order valence-corrected chi connectivity index (χ3v) is 7.00. The second-order valence-corrected chi connectivity index (χ2v) is 8.95. The summed E-state index contributed by atoms with van der Waals surface area (Å²) >= 11 is 1.84. The van der Waals surface area contributed by atoms with Crippen LogP contribution in [0.2, 0.25) is 0 Å². The van der Waals surface area contributed by atoms with Crippen molar-refractivity contribution in [3.8, 4) is 0 Å². The summed E-state index contributed by atoms with van der Waals surface area (Å²) < 4.78 is 11.2. The second-order valence-electron chi connectivity index (χ2n) is 7.87. The lowest BCUT2D eigenvalue weighted by molar-refractivity contribution is 0.0331. The summed E-state index contributed by atoms with van der Waals surface area (Å²) in [5.74, 6) is 3.37. The van der Waals surface area contributed by atoms with Crippen molar-refractivity contribution in [2.24, 2.45) is 0 Å². The van der Waals surface area contributed by atoms with E-state index in [4.69, 9.17) is 19.1 Å². The van der Waals surface area contributed by atoms with Crippen molar-refractivity contribution in [2.75, 3.05) is 31.6 Å². The molecule has 0 bridgehead atoms. The molecule has 0 atom stereocenters. The fraction of sp³-hybridized carbons (Fsp3) is 0.571. The van der Waals surface area contributed by atoms with Crippen LogP contribution in [-0.4, -0.2) is 46.2 Å². The van der Waals surface area contributed by atoms with Crippen LogP contribution in [0.5, 0.6) is 0 Å². The standard InChI is InChI=1S/C21H27N5O2S/c1-13-14(2)28-18(23-13)11-22-20-19-15-5-3-4-6-16(15)29-21(19)25-17(24-20)12-26-7-9-27-10-8-26/h3-12H2,1-2H3,(H,22,24,25). The number of aryl methyl sites for hydroxylation is 4. The van der Waals surface area contributed by atoms with Crippen LogP contribution in [-0.2, 0) is 30.7 Å². The van der Waals surface area contributed by atoms with Gasteiger partial charge in [0.2, 0.25) is 5.89 Å². The summed E-state index contributed by atoms with van der Waals surface area (Å²) in [6.45, 7) is 8.63. The molecule has 1 aliphatic heterocycles. The SMILES string of the molecule is Cc1nc(CNc2nc(CN3CCOCC3)nc3sc4c(c23)CCCC4)oc1C. The molecule has 7 nitrogen and oxygen atoms in total. The molecule has 29 heavy (non-hydrogen) atoms. The Morgan fingerprint density at radius 3 is 2.69 bits per heavy atom. The van der Waals surface area contributed by atoms with Gasteiger partial charge in [0.15, 0.2) is 0 Å². The Morgan fingerprint density at radius 1 is 1.07 bits per heavy atom. The van der Waals surface area contributed by atoms with Crippen molar-refractivity contribution >= 4 is 27.4 Å². The molecular weight excluding hydrogens is 386 g/mol. The summed E-state index contributed by atoms with van der Waals surface area (Å²) in [4.78, 5) is 19.4. The number of hydrogen-bond donors (Lipinski definition) is 1. The van der Waals surface area contributed by atoms with Gasteiger partial charge in [-0.2, -0.15) is 0 Å². The second kappa shape index (κ2) is 8.01. The van der Waals surface area contributed by atoms with E-state index in [1.165, 1.54) is 28.7 Å². The molecule has 1 N–H and O–H groups in total. The van der Waals surface area contributed by atoms with Crippen molar-refractivity contribution in [1.29, 1.82) is 0 Å². The highest BCUT2D eigenvalue weighted by Crippen LogP contribution is 2.38. The molecule has 154 valence electrons. The number of nitrogens with zero attached hydrogens (tertiary/aromatic N) is 4. The van der Waals surface area contributed by atoms with Gasteiger partial charge in [-0.3, -0.25) is 4.90 Å². The molecule has 1 aliphatic carbocycles. The Hall–Kier alpha value is -2.03. The lowest BCUT2D eigenvalue weighted by Crippen LogP contribution is -2.36. The lowest BCUT2D eigenvalue weighted by Gasteiger charge is -2.25. The molecule has 3 aromatic rings. The fourth-order valence-corrected chi connectivity index (χ4v) is 5.41. The molecule has 5 rings (SSSR count). The van der Waals surface area contributed by atoms with Crippen LogP contribution < -0.4 is 5.32 Å². The summed E-state index contributed by atoms with van der Waals surface area (Å²) in [5.41, 5.74) is 2.38. The highest BCUT2D eigenvalue weighted by atomic mass is 32.1. The Labute approximate surface area is 174 Å². The normalized spacial score (nSPS) is 17.6.